The van der Waals surface area contributed by atoms with Gasteiger partial charge in [-0.2, -0.15) is 0 Å². The van der Waals surface area contributed by atoms with E-state index in [1.54, 1.807) is 0 Å². The predicted octanol–water partition coefficient (Wildman–Crippen LogP) is 2.62. The van der Waals surface area contributed by atoms with Gasteiger partial charge in [-0.3, -0.25) is 4.79 Å². The number of aryl methyl sites for hydroxylation is 1. The molecular weight excluding hydrogens is 282 g/mol. The molecule has 0 saturated carbocycles. The van der Waals surface area contributed by atoms with Crippen LogP contribution in [0.4, 0.5) is 0 Å². The lowest BCUT2D eigenvalue weighted by Gasteiger charge is -2.33. The summed E-state index contributed by atoms with van der Waals surface area (Å²) in [5, 5.41) is 0. The highest BCUT2D eigenvalue weighted by atomic mass is 79.9. The van der Waals surface area contributed by atoms with Crippen molar-refractivity contribution in [3.05, 3.63) is 33.8 Å². The minimum atomic E-state index is 0.0800. The molecule has 1 aromatic rings. The van der Waals surface area contributed by atoms with Gasteiger partial charge in [0.05, 0.1) is 24.8 Å². The van der Waals surface area contributed by atoms with E-state index >= 15 is 0 Å². The van der Waals surface area contributed by atoms with Gasteiger partial charge in [-0.1, -0.05) is 11.6 Å². The largest absolute Gasteiger partial charge is 0.377 e. The summed E-state index contributed by atoms with van der Waals surface area (Å²) in [7, 11) is 0. The maximum absolute atomic E-state index is 12.4. The minimum Gasteiger partial charge on any atom is -0.377 e. The molecule has 1 saturated heterocycles. The third kappa shape index (κ3) is 2.69. The average molecular weight is 298 g/mol. The number of carbonyl (C=O) groups excluding carboxylic acids is 1. The summed E-state index contributed by atoms with van der Waals surface area (Å²) < 4.78 is 6.20. The molecule has 1 atom stereocenters. The van der Waals surface area contributed by atoms with Crippen LogP contribution in [0.5, 0.6) is 0 Å². The third-order valence-electron chi connectivity index (χ3n) is 2.98. The van der Waals surface area contributed by atoms with Crippen LogP contribution in [-0.2, 0) is 4.74 Å². The SMILES string of the molecule is Cc1ccc(Br)c(C(=O)N2CCOC[C@H]2C)c1. The van der Waals surface area contributed by atoms with E-state index in [1.165, 1.54) is 0 Å². The lowest BCUT2D eigenvalue weighted by atomic mass is 10.1. The van der Waals surface area contributed by atoms with E-state index in [9.17, 15) is 4.79 Å². The van der Waals surface area contributed by atoms with Gasteiger partial charge in [0.1, 0.15) is 0 Å². The number of hydrogen-bond acceptors (Lipinski definition) is 2. The van der Waals surface area contributed by atoms with Crippen molar-refractivity contribution < 1.29 is 9.53 Å². The van der Waals surface area contributed by atoms with Crippen LogP contribution < -0.4 is 0 Å². The van der Waals surface area contributed by atoms with Crippen LogP contribution in [0.2, 0.25) is 0 Å². The van der Waals surface area contributed by atoms with E-state index in [4.69, 9.17) is 4.74 Å². The highest BCUT2D eigenvalue weighted by molar-refractivity contribution is 9.10. The lowest BCUT2D eigenvalue weighted by Crippen LogP contribution is -2.47. The molecule has 1 aliphatic heterocycles. The monoisotopic (exact) mass is 297 g/mol. The summed E-state index contributed by atoms with van der Waals surface area (Å²) in [6, 6.07) is 5.98. The van der Waals surface area contributed by atoms with E-state index in [2.05, 4.69) is 15.9 Å². The second kappa shape index (κ2) is 5.19. The van der Waals surface area contributed by atoms with Crippen molar-refractivity contribution in [2.45, 2.75) is 19.9 Å². The standard InChI is InChI=1S/C13H16BrNO2/c1-9-3-4-12(14)11(7-9)13(16)15-5-6-17-8-10(15)2/h3-4,7,10H,5-6,8H2,1-2H3/t10-/m1/s1. The molecule has 1 amide bonds. The molecule has 1 aliphatic rings. The molecule has 1 heterocycles. The second-order valence-corrected chi connectivity index (χ2v) is 5.26. The van der Waals surface area contributed by atoms with Crippen molar-refractivity contribution in [1.82, 2.24) is 4.90 Å². The van der Waals surface area contributed by atoms with Gasteiger partial charge in [-0.05, 0) is 41.9 Å². The fraction of sp³-hybridized carbons (Fsp3) is 0.462. The molecule has 0 unspecified atom stereocenters. The van der Waals surface area contributed by atoms with Crippen LogP contribution in [0.1, 0.15) is 22.8 Å². The van der Waals surface area contributed by atoms with E-state index < -0.39 is 0 Å². The summed E-state index contributed by atoms with van der Waals surface area (Å²) in [5.74, 6) is 0.0800. The summed E-state index contributed by atoms with van der Waals surface area (Å²) in [4.78, 5) is 14.3. The molecule has 0 bridgehead atoms. The van der Waals surface area contributed by atoms with Crippen molar-refractivity contribution in [2.75, 3.05) is 19.8 Å². The Bertz CT molecular complexity index is 433. The number of ether oxygens (including phenoxy) is 1. The van der Waals surface area contributed by atoms with E-state index in [-0.39, 0.29) is 11.9 Å². The highest BCUT2D eigenvalue weighted by Crippen LogP contribution is 2.21. The summed E-state index contributed by atoms with van der Waals surface area (Å²) in [6.07, 6.45) is 0. The molecule has 2 rings (SSSR count). The Hall–Kier alpha value is -0.870. The number of nitrogens with zero attached hydrogens (tertiary/aromatic N) is 1. The Kier molecular flexibility index (Phi) is 3.84. The van der Waals surface area contributed by atoms with Crippen molar-refractivity contribution in [1.29, 1.82) is 0 Å². The fourth-order valence-corrected chi connectivity index (χ4v) is 2.40. The molecule has 4 heteroatoms. The fourth-order valence-electron chi connectivity index (χ4n) is 1.99. The first-order valence-corrected chi connectivity index (χ1v) is 6.54. The van der Waals surface area contributed by atoms with E-state index in [0.717, 1.165) is 15.6 Å². The number of rotatable bonds is 1. The van der Waals surface area contributed by atoms with Gasteiger partial charge in [-0.15, -0.1) is 0 Å². The number of halogens is 1. The zero-order valence-corrected chi connectivity index (χ0v) is 11.7. The maximum Gasteiger partial charge on any atom is 0.255 e. The molecule has 0 aliphatic carbocycles. The molecule has 0 spiro atoms. The summed E-state index contributed by atoms with van der Waals surface area (Å²) in [5.41, 5.74) is 1.83. The zero-order valence-electron chi connectivity index (χ0n) is 10.1. The summed E-state index contributed by atoms with van der Waals surface area (Å²) >= 11 is 3.44. The van der Waals surface area contributed by atoms with Crippen LogP contribution in [0.25, 0.3) is 0 Å². The number of carbonyl (C=O) groups is 1. The van der Waals surface area contributed by atoms with Crippen molar-refractivity contribution >= 4 is 21.8 Å². The van der Waals surface area contributed by atoms with Crippen LogP contribution >= 0.6 is 15.9 Å². The molecule has 0 aromatic heterocycles. The Balaban J connectivity index is 2.26. The van der Waals surface area contributed by atoms with Gasteiger partial charge < -0.3 is 9.64 Å². The first kappa shape index (κ1) is 12.6. The van der Waals surface area contributed by atoms with Crippen LogP contribution in [-0.4, -0.2) is 36.6 Å². The number of hydrogen-bond donors (Lipinski definition) is 0. The molecule has 1 aromatic carbocycles. The minimum absolute atomic E-state index is 0.0800. The Labute approximate surface area is 110 Å². The van der Waals surface area contributed by atoms with E-state index in [0.29, 0.717) is 19.8 Å². The van der Waals surface area contributed by atoms with Crippen molar-refractivity contribution in [2.24, 2.45) is 0 Å². The third-order valence-corrected chi connectivity index (χ3v) is 3.67. The van der Waals surface area contributed by atoms with Gasteiger partial charge in [0.15, 0.2) is 0 Å². The number of amides is 1. The molecule has 92 valence electrons. The second-order valence-electron chi connectivity index (χ2n) is 4.41. The number of benzene rings is 1. The molecular formula is C13H16BrNO2. The first-order chi connectivity index (χ1) is 8.09. The van der Waals surface area contributed by atoms with Crippen molar-refractivity contribution in [3.8, 4) is 0 Å². The Morgan fingerprint density at radius 3 is 3.00 bits per heavy atom. The summed E-state index contributed by atoms with van der Waals surface area (Å²) in [6.45, 7) is 5.92. The Morgan fingerprint density at radius 1 is 1.53 bits per heavy atom. The van der Waals surface area contributed by atoms with Gasteiger partial charge in [0.25, 0.3) is 5.91 Å². The van der Waals surface area contributed by atoms with Gasteiger partial charge in [0, 0.05) is 11.0 Å². The van der Waals surface area contributed by atoms with Gasteiger partial charge in [-0.25, -0.2) is 0 Å². The lowest BCUT2D eigenvalue weighted by molar-refractivity contribution is 0.00354. The first-order valence-electron chi connectivity index (χ1n) is 5.74. The molecule has 0 radical (unpaired) electrons. The van der Waals surface area contributed by atoms with Crippen LogP contribution in [0.15, 0.2) is 22.7 Å². The van der Waals surface area contributed by atoms with Crippen LogP contribution in [0, 0.1) is 6.92 Å². The molecule has 17 heavy (non-hydrogen) atoms. The average Bonchev–Trinajstić information content (AvgIpc) is 2.32. The quantitative estimate of drug-likeness (QED) is 0.797. The molecule has 1 fully saturated rings. The van der Waals surface area contributed by atoms with Gasteiger partial charge in [0.2, 0.25) is 0 Å². The highest BCUT2D eigenvalue weighted by Gasteiger charge is 2.25. The Morgan fingerprint density at radius 2 is 2.29 bits per heavy atom. The normalized spacial score (nSPS) is 20.4. The smallest absolute Gasteiger partial charge is 0.255 e. The van der Waals surface area contributed by atoms with Gasteiger partial charge >= 0.3 is 0 Å². The van der Waals surface area contributed by atoms with E-state index in [1.807, 2.05) is 36.9 Å². The molecule has 3 nitrogen and oxygen atoms in total. The molecule has 0 N–H and O–H groups in total. The van der Waals surface area contributed by atoms with Crippen LogP contribution in [0.3, 0.4) is 0 Å². The number of morpholine rings is 1. The van der Waals surface area contributed by atoms with Crippen molar-refractivity contribution in [3.63, 3.8) is 0 Å². The predicted molar refractivity (Wildman–Crippen MR) is 70.2 cm³/mol. The topological polar surface area (TPSA) is 29.5 Å². The maximum atomic E-state index is 12.4. The zero-order chi connectivity index (χ0) is 12.4.